The minimum atomic E-state index is -1.20. The fraction of sp³-hybridized carbons (Fsp3) is 0.261. The van der Waals surface area contributed by atoms with E-state index in [4.69, 9.17) is 4.42 Å². The molecule has 0 spiro atoms. The maximum Gasteiger partial charge on any atom is 0.289 e. The Kier molecular flexibility index (Phi) is 5.81. The summed E-state index contributed by atoms with van der Waals surface area (Å²) in [5.74, 6) is 1.03. The first-order valence-electron chi connectivity index (χ1n) is 9.73. The molecule has 1 amide bonds. The molecule has 0 unspecified atom stereocenters. The molecule has 0 saturated carbocycles. The molecule has 1 fully saturated rings. The summed E-state index contributed by atoms with van der Waals surface area (Å²) in [6, 6.07) is 21.3. The highest BCUT2D eigenvalue weighted by Crippen LogP contribution is 2.19. The molecule has 2 heterocycles. The van der Waals surface area contributed by atoms with Crippen LogP contribution in [0.25, 0.3) is 0 Å². The average molecular weight is 409 g/mol. The van der Waals surface area contributed by atoms with Crippen LogP contribution in [0.2, 0.25) is 0 Å². The van der Waals surface area contributed by atoms with Crippen LogP contribution in [-0.2, 0) is 16.6 Å². The van der Waals surface area contributed by atoms with Gasteiger partial charge in [-0.25, -0.2) is 0 Å². The molecule has 1 aromatic heterocycles. The van der Waals surface area contributed by atoms with Crippen molar-refractivity contribution in [2.24, 2.45) is 0 Å². The number of anilines is 1. The summed E-state index contributed by atoms with van der Waals surface area (Å²) < 4.78 is 18.3. The summed E-state index contributed by atoms with van der Waals surface area (Å²) in [4.78, 5) is 17.6. The van der Waals surface area contributed by atoms with Gasteiger partial charge in [-0.1, -0.05) is 35.9 Å². The van der Waals surface area contributed by atoms with Crippen LogP contribution in [0, 0.1) is 6.92 Å². The van der Waals surface area contributed by atoms with Gasteiger partial charge in [0.15, 0.2) is 5.76 Å². The second-order valence-corrected chi connectivity index (χ2v) is 8.63. The molecule has 1 saturated heterocycles. The van der Waals surface area contributed by atoms with Crippen molar-refractivity contribution >= 4 is 22.4 Å². The predicted octanol–water partition coefficient (Wildman–Crippen LogP) is 3.86. The first-order valence-corrected chi connectivity index (χ1v) is 11.0. The molecule has 4 rings (SSSR count). The van der Waals surface area contributed by atoms with Crippen molar-refractivity contribution in [2.75, 3.05) is 31.1 Å². The van der Waals surface area contributed by atoms with E-state index in [0.29, 0.717) is 24.6 Å². The van der Waals surface area contributed by atoms with E-state index in [1.165, 1.54) is 5.69 Å². The molecular weight excluding hydrogens is 384 g/mol. The van der Waals surface area contributed by atoms with Gasteiger partial charge in [-0.2, -0.15) is 0 Å². The Balaban J connectivity index is 1.35. The third-order valence-corrected chi connectivity index (χ3v) is 6.46. The maximum absolute atomic E-state index is 12.8. The van der Waals surface area contributed by atoms with E-state index in [2.05, 4.69) is 17.0 Å². The number of piperazine rings is 1. The minimum Gasteiger partial charge on any atom is -0.455 e. The van der Waals surface area contributed by atoms with Crippen molar-refractivity contribution < 1.29 is 13.4 Å². The summed E-state index contributed by atoms with van der Waals surface area (Å²) in [6.45, 7) is 4.89. The summed E-state index contributed by atoms with van der Waals surface area (Å²) >= 11 is 0. The molecule has 2 aromatic carbocycles. The molecule has 1 atom stereocenters. The van der Waals surface area contributed by atoms with Crippen LogP contribution in [0.4, 0.5) is 5.69 Å². The van der Waals surface area contributed by atoms with Gasteiger partial charge in [0, 0.05) is 36.8 Å². The molecule has 0 radical (unpaired) electrons. The van der Waals surface area contributed by atoms with E-state index in [9.17, 15) is 9.00 Å². The first kappa shape index (κ1) is 19.5. The Hall–Kier alpha value is -2.86. The highest BCUT2D eigenvalue weighted by atomic mass is 32.2. The number of rotatable bonds is 5. The van der Waals surface area contributed by atoms with Gasteiger partial charge in [0.2, 0.25) is 0 Å². The monoisotopic (exact) mass is 408 g/mol. The molecule has 150 valence electrons. The van der Waals surface area contributed by atoms with Crippen LogP contribution in [0.5, 0.6) is 0 Å². The lowest BCUT2D eigenvalue weighted by Crippen LogP contribution is -2.48. The number of furan rings is 1. The molecule has 5 nitrogen and oxygen atoms in total. The van der Waals surface area contributed by atoms with E-state index < -0.39 is 10.8 Å². The Labute approximate surface area is 173 Å². The summed E-state index contributed by atoms with van der Waals surface area (Å²) in [5.41, 5.74) is 2.31. The number of hydrogen-bond acceptors (Lipinski definition) is 4. The molecule has 0 N–H and O–H groups in total. The van der Waals surface area contributed by atoms with Crippen LogP contribution < -0.4 is 4.90 Å². The van der Waals surface area contributed by atoms with E-state index >= 15 is 0 Å². The molecule has 1 aliphatic heterocycles. The van der Waals surface area contributed by atoms with Crippen LogP contribution in [-0.4, -0.2) is 41.2 Å². The largest absolute Gasteiger partial charge is 0.455 e. The number of carbonyl (C=O) groups excluding carboxylic acids is 1. The summed E-state index contributed by atoms with van der Waals surface area (Å²) in [6.07, 6.45) is 0. The van der Waals surface area contributed by atoms with Crippen LogP contribution in [0.3, 0.4) is 0 Å². The standard InChI is InChI=1S/C23H24N2O3S/c1-18-7-10-21(11-8-18)29(27)17-20-9-12-22(28-20)23(26)25-15-13-24(14-16-25)19-5-3-2-4-6-19/h2-12H,13-17H2,1H3/t29-/m1/s1. The normalized spacial score (nSPS) is 15.3. The lowest BCUT2D eigenvalue weighted by molar-refractivity contribution is 0.0713. The lowest BCUT2D eigenvalue weighted by Gasteiger charge is -2.35. The van der Waals surface area contributed by atoms with Crippen LogP contribution >= 0.6 is 0 Å². The average Bonchev–Trinajstić information content (AvgIpc) is 3.23. The van der Waals surface area contributed by atoms with Gasteiger partial charge in [0.05, 0.1) is 16.6 Å². The van der Waals surface area contributed by atoms with Crippen LogP contribution in [0.15, 0.2) is 76.0 Å². The fourth-order valence-corrected chi connectivity index (χ4v) is 4.46. The number of para-hydroxylation sites is 1. The minimum absolute atomic E-state index is 0.106. The zero-order valence-corrected chi connectivity index (χ0v) is 17.2. The van der Waals surface area contributed by atoms with E-state index in [-0.39, 0.29) is 11.7 Å². The summed E-state index contributed by atoms with van der Waals surface area (Å²) in [5, 5.41) is 0. The molecule has 29 heavy (non-hydrogen) atoms. The van der Waals surface area contributed by atoms with E-state index in [1.807, 2.05) is 54.3 Å². The second kappa shape index (κ2) is 8.66. The fourth-order valence-electron chi connectivity index (χ4n) is 3.44. The summed E-state index contributed by atoms with van der Waals surface area (Å²) in [7, 11) is -1.20. The molecule has 0 bridgehead atoms. The molecular formula is C23H24N2O3S. The van der Waals surface area contributed by atoms with Gasteiger partial charge >= 0.3 is 0 Å². The number of carbonyl (C=O) groups is 1. The van der Waals surface area contributed by atoms with Crippen molar-refractivity contribution in [3.8, 4) is 0 Å². The van der Waals surface area contributed by atoms with Crippen molar-refractivity contribution in [3.05, 3.63) is 83.8 Å². The highest BCUT2D eigenvalue weighted by Gasteiger charge is 2.24. The Morgan fingerprint density at radius 2 is 1.62 bits per heavy atom. The zero-order valence-electron chi connectivity index (χ0n) is 16.4. The maximum atomic E-state index is 12.8. The Morgan fingerprint density at radius 3 is 2.31 bits per heavy atom. The van der Waals surface area contributed by atoms with Gasteiger partial charge in [-0.15, -0.1) is 0 Å². The molecule has 6 heteroatoms. The van der Waals surface area contributed by atoms with Crippen molar-refractivity contribution in [3.63, 3.8) is 0 Å². The number of benzene rings is 2. The molecule has 0 aliphatic carbocycles. The van der Waals surface area contributed by atoms with E-state index in [1.54, 1.807) is 12.1 Å². The first-order chi connectivity index (χ1) is 14.1. The quantitative estimate of drug-likeness (QED) is 0.643. The van der Waals surface area contributed by atoms with Crippen LogP contribution in [0.1, 0.15) is 21.9 Å². The number of aryl methyl sites for hydroxylation is 1. The van der Waals surface area contributed by atoms with Gasteiger partial charge in [-0.05, 0) is 43.3 Å². The highest BCUT2D eigenvalue weighted by molar-refractivity contribution is 7.84. The topological polar surface area (TPSA) is 53.8 Å². The predicted molar refractivity (Wildman–Crippen MR) is 115 cm³/mol. The number of hydrogen-bond donors (Lipinski definition) is 0. The number of amides is 1. The lowest BCUT2D eigenvalue weighted by atomic mass is 10.2. The van der Waals surface area contributed by atoms with Crippen molar-refractivity contribution in [2.45, 2.75) is 17.6 Å². The SMILES string of the molecule is Cc1ccc([S@](=O)Cc2ccc(C(=O)N3CCN(c4ccccc4)CC3)o2)cc1. The van der Waals surface area contributed by atoms with Gasteiger partial charge < -0.3 is 14.2 Å². The van der Waals surface area contributed by atoms with Crippen molar-refractivity contribution in [1.29, 1.82) is 0 Å². The smallest absolute Gasteiger partial charge is 0.289 e. The van der Waals surface area contributed by atoms with Gasteiger partial charge in [0.25, 0.3) is 5.91 Å². The van der Waals surface area contributed by atoms with Crippen molar-refractivity contribution in [1.82, 2.24) is 4.90 Å². The molecule has 3 aromatic rings. The Morgan fingerprint density at radius 1 is 0.931 bits per heavy atom. The molecule has 1 aliphatic rings. The van der Waals surface area contributed by atoms with E-state index in [0.717, 1.165) is 23.5 Å². The second-order valence-electron chi connectivity index (χ2n) is 7.18. The van der Waals surface area contributed by atoms with Gasteiger partial charge in [-0.3, -0.25) is 9.00 Å². The Bertz CT molecular complexity index is 990. The zero-order chi connectivity index (χ0) is 20.2. The third-order valence-electron chi connectivity index (χ3n) is 5.12. The number of nitrogens with zero attached hydrogens (tertiary/aromatic N) is 2. The van der Waals surface area contributed by atoms with Gasteiger partial charge in [0.1, 0.15) is 5.76 Å². The third kappa shape index (κ3) is 4.59.